The first-order valence-corrected chi connectivity index (χ1v) is 6.06. The highest BCUT2D eigenvalue weighted by Gasteiger charge is 2.21. The summed E-state index contributed by atoms with van der Waals surface area (Å²) in [6.07, 6.45) is 4.72. The van der Waals surface area contributed by atoms with Crippen LogP contribution in [-0.2, 0) is 4.08 Å². The molecule has 0 bridgehead atoms. The van der Waals surface area contributed by atoms with Crippen molar-refractivity contribution in [2.24, 2.45) is 0 Å². The number of thiol groups is 2. The summed E-state index contributed by atoms with van der Waals surface area (Å²) in [7, 11) is 0. The minimum atomic E-state index is -0.267. The summed E-state index contributed by atoms with van der Waals surface area (Å²) >= 11 is 9.23. The van der Waals surface area contributed by atoms with Gasteiger partial charge in [0.1, 0.15) is 0 Å². The van der Waals surface area contributed by atoms with Crippen LogP contribution in [0.1, 0.15) is 38.2 Å². The average molecular weight is 226 g/mol. The molecule has 0 unspecified atom stereocenters. The Morgan fingerprint density at radius 2 is 1.71 bits per heavy atom. The Bertz CT molecular complexity index is 254. The van der Waals surface area contributed by atoms with Gasteiger partial charge in [-0.2, -0.15) is 25.3 Å². The van der Waals surface area contributed by atoms with E-state index in [1.807, 2.05) is 18.2 Å². The fourth-order valence-corrected chi connectivity index (χ4v) is 2.09. The highest BCUT2D eigenvalue weighted by atomic mass is 32.2. The van der Waals surface area contributed by atoms with Crippen molar-refractivity contribution in [3.8, 4) is 0 Å². The van der Waals surface area contributed by atoms with Gasteiger partial charge in [-0.25, -0.2) is 0 Å². The van der Waals surface area contributed by atoms with E-state index in [4.69, 9.17) is 0 Å². The fraction of sp³-hybridized carbons (Fsp3) is 0.500. The quantitative estimate of drug-likeness (QED) is 0.418. The molecule has 0 aliphatic heterocycles. The molecule has 0 aromatic heterocycles. The van der Waals surface area contributed by atoms with Gasteiger partial charge in [-0.05, 0) is 12.0 Å². The summed E-state index contributed by atoms with van der Waals surface area (Å²) in [6, 6.07) is 10.3. The van der Waals surface area contributed by atoms with Gasteiger partial charge in [0.25, 0.3) is 0 Å². The molecule has 1 aromatic rings. The summed E-state index contributed by atoms with van der Waals surface area (Å²) < 4.78 is -0.267. The smallest absolute Gasteiger partial charge is 0.0802 e. The third-order valence-electron chi connectivity index (χ3n) is 2.37. The lowest BCUT2D eigenvalue weighted by Gasteiger charge is -2.22. The molecule has 0 fully saturated rings. The third-order valence-corrected chi connectivity index (χ3v) is 3.33. The summed E-state index contributed by atoms with van der Waals surface area (Å²) in [5, 5.41) is 0. The molecule has 0 radical (unpaired) electrons. The molecular weight excluding hydrogens is 208 g/mol. The van der Waals surface area contributed by atoms with Crippen molar-refractivity contribution in [1.82, 2.24) is 0 Å². The van der Waals surface area contributed by atoms with E-state index >= 15 is 0 Å². The lowest BCUT2D eigenvalue weighted by molar-refractivity contribution is 0.641. The molecule has 14 heavy (non-hydrogen) atoms. The van der Waals surface area contributed by atoms with Gasteiger partial charge in [-0.3, -0.25) is 0 Å². The van der Waals surface area contributed by atoms with E-state index in [-0.39, 0.29) is 4.08 Å². The minimum absolute atomic E-state index is 0.267. The summed E-state index contributed by atoms with van der Waals surface area (Å²) in [5.74, 6) is 0. The van der Waals surface area contributed by atoms with Crippen LogP contribution in [0.2, 0.25) is 0 Å². The van der Waals surface area contributed by atoms with Crippen LogP contribution in [0.25, 0.3) is 0 Å². The monoisotopic (exact) mass is 226 g/mol. The molecule has 0 nitrogen and oxygen atoms in total. The lowest BCUT2D eigenvalue weighted by Crippen LogP contribution is -2.10. The van der Waals surface area contributed by atoms with Gasteiger partial charge in [-0.15, -0.1) is 0 Å². The topological polar surface area (TPSA) is 0 Å². The second kappa shape index (κ2) is 5.72. The molecule has 0 heterocycles. The maximum Gasteiger partial charge on any atom is 0.0802 e. The van der Waals surface area contributed by atoms with Gasteiger partial charge in [-0.1, -0.05) is 56.5 Å². The minimum Gasteiger partial charge on any atom is -0.157 e. The Hall–Kier alpha value is -0.0800. The molecule has 0 aliphatic carbocycles. The zero-order valence-electron chi connectivity index (χ0n) is 8.61. The number of benzene rings is 1. The zero-order valence-corrected chi connectivity index (χ0v) is 10.4. The molecule has 0 atom stereocenters. The van der Waals surface area contributed by atoms with E-state index in [0.717, 1.165) is 6.42 Å². The van der Waals surface area contributed by atoms with E-state index in [1.165, 1.54) is 24.8 Å². The Morgan fingerprint density at radius 1 is 1.07 bits per heavy atom. The zero-order chi connectivity index (χ0) is 10.4. The number of unbranched alkanes of at least 4 members (excludes halogenated alkanes) is 2. The third kappa shape index (κ3) is 3.58. The Balaban J connectivity index is 2.56. The van der Waals surface area contributed by atoms with Crippen molar-refractivity contribution < 1.29 is 0 Å². The summed E-state index contributed by atoms with van der Waals surface area (Å²) in [6.45, 7) is 2.21. The second-order valence-electron chi connectivity index (χ2n) is 3.64. The van der Waals surface area contributed by atoms with E-state index in [9.17, 15) is 0 Å². The van der Waals surface area contributed by atoms with Crippen molar-refractivity contribution in [2.45, 2.75) is 36.7 Å². The van der Waals surface area contributed by atoms with Gasteiger partial charge in [0, 0.05) is 0 Å². The normalized spacial score (nSPS) is 11.6. The van der Waals surface area contributed by atoms with Crippen LogP contribution in [0, 0.1) is 0 Å². The van der Waals surface area contributed by atoms with E-state index in [2.05, 4.69) is 44.3 Å². The number of hydrogen-bond donors (Lipinski definition) is 2. The van der Waals surface area contributed by atoms with Gasteiger partial charge in [0.2, 0.25) is 0 Å². The van der Waals surface area contributed by atoms with Crippen molar-refractivity contribution in [3.05, 3.63) is 35.9 Å². The lowest BCUT2D eigenvalue weighted by atomic mass is 10.1. The standard InChI is InChI=1S/C12H18S2/c1-2-3-7-10-12(13,14)11-8-5-4-6-9-11/h4-6,8-9,13-14H,2-3,7,10H2,1H3. The molecule has 0 saturated carbocycles. The second-order valence-corrected chi connectivity index (χ2v) is 5.52. The molecule has 1 rings (SSSR count). The average Bonchev–Trinajstić information content (AvgIpc) is 2.19. The highest BCUT2D eigenvalue weighted by molar-refractivity contribution is 7.99. The first kappa shape index (κ1) is 12.0. The van der Waals surface area contributed by atoms with Crippen molar-refractivity contribution in [1.29, 1.82) is 0 Å². The first-order chi connectivity index (χ1) is 6.67. The molecular formula is C12H18S2. The Labute approximate surface area is 97.9 Å². The predicted molar refractivity (Wildman–Crippen MR) is 70.2 cm³/mol. The van der Waals surface area contributed by atoms with E-state index in [1.54, 1.807) is 0 Å². The Kier molecular flexibility index (Phi) is 4.90. The van der Waals surface area contributed by atoms with Crippen LogP contribution in [0.3, 0.4) is 0 Å². The maximum absolute atomic E-state index is 4.61. The fourth-order valence-electron chi connectivity index (χ4n) is 1.47. The molecule has 0 N–H and O–H groups in total. The molecule has 1 aromatic carbocycles. The molecule has 2 heteroatoms. The van der Waals surface area contributed by atoms with Crippen molar-refractivity contribution >= 4 is 25.3 Å². The van der Waals surface area contributed by atoms with E-state index in [0.29, 0.717) is 0 Å². The van der Waals surface area contributed by atoms with Crippen molar-refractivity contribution in [2.75, 3.05) is 0 Å². The van der Waals surface area contributed by atoms with Crippen molar-refractivity contribution in [3.63, 3.8) is 0 Å². The Morgan fingerprint density at radius 3 is 2.29 bits per heavy atom. The van der Waals surface area contributed by atoms with E-state index < -0.39 is 0 Å². The SMILES string of the molecule is CCCCCC(S)(S)c1ccccc1. The first-order valence-electron chi connectivity index (χ1n) is 5.17. The van der Waals surface area contributed by atoms with Gasteiger partial charge in [0.15, 0.2) is 0 Å². The maximum atomic E-state index is 4.61. The molecule has 0 aliphatic rings. The summed E-state index contributed by atoms with van der Waals surface area (Å²) in [4.78, 5) is 0. The van der Waals surface area contributed by atoms with Crippen LogP contribution in [0.5, 0.6) is 0 Å². The van der Waals surface area contributed by atoms with Gasteiger partial charge in [0.05, 0.1) is 4.08 Å². The molecule has 0 spiro atoms. The van der Waals surface area contributed by atoms with Crippen LogP contribution >= 0.6 is 25.3 Å². The summed E-state index contributed by atoms with van der Waals surface area (Å²) in [5.41, 5.74) is 1.20. The van der Waals surface area contributed by atoms with Gasteiger partial charge < -0.3 is 0 Å². The van der Waals surface area contributed by atoms with Crippen LogP contribution in [0.4, 0.5) is 0 Å². The molecule has 78 valence electrons. The van der Waals surface area contributed by atoms with Crippen LogP contribution < -0.4 is 0 Å². The highest BCUT2D eigenvalue weighted by Crippen LogP contribution is 2.37. The van der Waals surface area contributed by atoms with Crippen LogP contribution in [-0.4, -0.2) is 0 Å². The molecule has 0 saturated heterocycles. The number of rotatable bonds is 5. The largest absolute Gasteiger partial charge is 0.157 e. The number of hydrogen-bond acceptors (Lipinski definition) is 2. The predicted octanol–water partition coefficient (Wildman–Crippen LogP) is 4.28. The molecule has 0 amide bonds. The van der Waals surface area contributed by atoms with Gasteiger partial charge >= 0.3 is 0 Å². The van der Waals surface area contributed by atoms with Crippen LogP contribution in [0.15, 0.2) is 30.3 Å².